The largest absolute Gasteiger partial charge is 0.559 e. The number of alkyl halides is 7. The minimum Gasteiger partial charge on any atom is -0.462 e. The molecule has 0 heterocycles. The number of Topliss-reactive ketones (excluding diaryl/α,β-unsaturated/α-hetero) is 2. The molecule has 0 radical (unpaired) electrons. The highest BCUT2D eigenvalue weighted by Gasteiger charge is 2.27. The summed E-state index contributed by atoms with van der Waals surface area (Å²) in [6.07, 6.45) is -5.48. The van der Waals surface area contributed by atoms with Crippen molar-refractivity contribution >= 4 is 81.9 Å². The number of halogens is 7. The number of benzene rings is 8. The van der Waals surface area contributed by atoms with Crippen molar-refractivity contribution in [1.82, 2.24) is 0 Å². The van der Waals surface area contributed by atoms with E-state index >= 15 is 0 Å². The Morgan fingerprint density at radius 2 is 0.634 bits per heavy atom. The highest BCUT2D eigenvalue weighted by atomic mass is 19.5. The van der Waals surface area contributed by atoms with Gasteiger partial charge in [0.1, 0.15) is 60.9 Å². The van der Waals surface area contributed by atoms with Gasteiger partial charge in [-0.05, 0) is 223 Å². The average molecular weight is 1560 g/mol. The molecule has 0 unspecified atom stereocenters. The fourth-order valence-electron chi connectivity index (χ4n) is 9.69. The molecule has 0 bridgehead atoms. The van der Waals surface area contributed by atoms with Gasteiger partial charge >= 0.3 is 42.2 Å². The molecule has 2 amide bonds. The first-order chi connectivity index (χ1) is 53.1. The van der Waals surface area contributed by atoms with Crippen LogP contribution in [0.15, 0.2) is 194 Å². The van der Waals surface area contributed by atoms with E-state index < -0.39 is 84.6 Å². The second kappa shape index (κ2) is 42.6. The third-order valence-corrected chi connectivity index (χ3v) is 15.3. The van der Waals surface area contributed by atoms with Gasteiger partial charge in [-0.3, -0.25) is 23.6 Å². The summed E-state index contributed by atoms with van der Waals surface area (Å²) in [5.74, 6) is -7.23. The maximum Gasteiger partial charge on any atom is 0.559 e. The molecule has 0 fully saturated rings. The molecule has 8 aromatic carbocycles. The normalized spacial score (nSPS) is 10.7. The molecule has 590 valence electrons. The zero-order chi connectivity index (χ0) is 82.2. The van der Waals surface area contributed by atoms with E-state index in [2.05, 4.69) is 34.4 Å². The van der Waals surface area contributed by atoms with Crippen LogP contribution in [0.3, 0.4) is 0 Å². The number of esters is 6. The van der Waals surface area contributed by atoms with Gasteiger partial charge in [-0.15, -0.1) is 17.6 Å². The first kappa shape index (κ1) is 87.8. The predicted octanol–water partition coefficient (Wildman–Crippen LogP) is 17.9. The van der Waals surface area contributed by atoms with E-state index in [1.165, 1.54) is 88.4 Å². The van der Waals surface area contributed by atoms with Gasteiger partial charge in [0.25, 0.3) is 11.8 Å². The Morgan fingerprint density at radius 1 is 0.348 bits per heavy atom. The number of hydrogen-bond acceptors (Lipinski definition) is 21. The Hall–Kier alpha value is -13.2. The molecule has 0 aliphatic carbocycles. The van der Waals surface area contributed by atoms with Crippen LogP contribution in [0.4, 0.5) is 53.5 Å². The summed E-state index contributed by atoms with van der Waals surface area (Å²) in [5, 5.41) is 11.6. The molecule has 4 N–H and O–H groups in total. The quantitative estimate of drug-likeness (QED) is 0.00716. The van der Waals surface area contributed by atoms with Gasteiger partial charge in [0, 0.05) is 65.5 Å². The lowest BCUT2D eigenvalue weighted by atomic mass is 9.94. The van der Waals surface area contributed by atoms with Gasteiger partial charge in [0.15, 0.2) is 11.6 Å². The molecule has 0 saturated carbocycles. The summed E-state index contributed by atoms with van der Waals surface area (Å²) in [6.45, 7) is 11.4. The summed E-state index contributed by atoms with van der Waals surface area (Å²) >= 11 is 0. The lowest BCUT2D eigenvalue weighted by Crippen LogP contribution is -2.19. The number of nitrogens with one attached hydrogen (secondary N) is 4. The van der Waals surface area contributed by atoms with Crippen molar-refractivity contribution in [1.29, 1.82) is 0 Å². The first-order valence-electron chi connectivity index (χ1n) is 34.2. The molecule has 0 atom stereocenters. The number of carbonyl (C=O) groups excluding carboxylic acids is 10. The maximum atomic E-state index is 13.7. The molecule has 8 rings (SSSR count). The molecular weight excluding hydrogens is 1480 g/mol. The number of amides is 2. The van der Waals surface area contributed by atoms with Gasteiger partial charge in [-0.1, -0.05) is 25.3 Å². The highest BCUT2D eigenvalue weighted by molar-refractivity contribution is 6.13. The topological polar surface area (TPSA) is 302 Å². The minimum absolute atomic E-state index is 0.0145. The molecular formula is C82H79F7N4O19. The molecule has 0 saturated heterocycles. The molecule has 23 nitrogen and oxygen atoms in total. The summed E-state index contributed by atoms with van der Waals surface area (Å²) in [5.41, 5.74) is 3.51. The van der Waals surface area contributed by atoms with Crippen molar-refractivity contribution in [3.05, 3.63) is 239 Å². The Morgan fingerprint density at radius 3 is 0.982 bits per heavy atom. The van der Waals surface area contributed by atoms with Crippen LogP contribution >= 0.6 is 0 Å². The van der Waals surface area contributed by atoms with E-state index in [1.807, 2.05) is 50.5 Å². The number of rotatable bonds is 35. The van der Waals surface area contributed by atoms with Crippen LogP contribution in [0, 0.1) is 0 Å². The molecule has 0 aromatic heterocycles. The molecule has 8 aromatic rings. The highest BCUT2D eigenvalue weighted by Crippen LogP contribution is 2.33. The van der Waals surface area contributed by atoms with Crippen LogP contribution in [0.25, 0.3) is 11.1 Å². The SMILES string of the molecule is C=C(C)C(=O)OCCOC(=O)c1ccc(Oc2ccc(C(=O)OCCOC(=O)C(=C)C)c(C(=O)Nc3ccc(Oc4ccc(NC)cc4)cc3)c2)cc1C(C)=O.CNc1ccc(Oc2ccc(NC(=O)c3cc(-c4ccc(C(=O)OCCCC(C)(F)F)c(C(C)=O)c4)ccc3C(=O)OCCCCF)cc2)cc1.FC(F)(F)F. The third-order valence-electron chi connectivity index (χ3n) is 15.3. The molecule has 30 heteroatoms. The standard InChI is InChI=1S/C42H40N2O12.C39H39F3N2O7.CF4/c1-25(2)39(47)51-19-21-53-41(49)34-17-15-32(23-36(34)27(5)45)56-33-16-18-35(42(50)54-22-20-52-40(48)26(3)4)37(24-33)38(46)44-29-9-13-31(14-10-29)55-30-11-7-28(43-6)8-12-30;1-25(45)34-23-26(7-17-32(34)37(47)50-22-6-19-39(2,41)42)27-8-18-33(38(48)49-21-5-4-20-40)35(24-27)36(46)44-29-11-15-31(16-12-29)51-30-13-9-28(43-3)10-14-30;2-1(3,4)5/h7-18,23-24,43H,1,3,19-22H2,2,4-6H3,(H,44,46);7-18,23-24,43H,4-6,19-22H2,1-3H3,(H,44,46);. The zero-order valence-electron chi connectivity index (χ0n) is 61.8. The van der Waals surface area contributed by atoms with Crippen molar-refractivity contribution in [2.24, 2.45) is 0 Å². The summed E-state index contributed by atoms with van der Waals surface area (Å²) in [6, 6.07) is 44.8. The second-order valence-corrected chi connectivity index (χ2v) is 24.2. The summed E-state index contributed by atoms with van der Waals surface area (Å²) in [4.78, 5) is 127. The smallest absolute Gasteiger partial charge is 0.462 e. The lowest BCUT2D eigenvalue weighted by Gasteiger charge is -2.14. The number of ether oxygens (including phenoxy) is 9. The summed E-state index contributed by atoms with van der Waals surface area (Å²) in [7, 11) is 3.63. The number of anilines is 4. The maximum absolute atomic E-state index is 13.7. The molecule has 0 spiro atoms. The zero-order valence-corrected chi connectivity index (χ0v) is 61.8. The summed E-state index contributed by atoms with van der Waals surface area (Å²) < 4.78 is 126. The van der Waals surface area contributed by atoms with E-state index in [0.717, 1.165) is 18.3 Å². The third kappa shape index (κ3) is 29.1. The lowest BCUT2D eigenvalue weighted by molar-refractivity contribution is -0.237. The molecule has 0 aliphatic rings. The Kier molecular flexibility index (Phi) is 33.3. The number of unbranched alkanes of at least 4 members (excludes halogenated alkanes) is 1. The number of carbonyl (C=O) groups is 10. The van der Waals surface area contributed by atoms with E-state index in [0.29, 0.717) is 51.9 Å². The van der Waals surface area contributed by atoms with Gasteiger partial charge < -0.3 is 63.9 Å². The Bertz CT molecular complexity index is 4680. The van der Waals surface area contributed by atoms with E-state index in [-0.39, 0.29) is 120 Å². The monoisotopic (exact) mass is 1560 g/mol. The van der Waals surface area contributed by atoms with Gasteiger partial charge in [0.2, 0.25) is 5.92 Å². The number of hydrogen-bond donors (Lipinski definition) is 4. The predicted molar refractivity (Wildman–Crippen MR) is 401 cm³/mol. The van der Waals surface area contributed by atoms with Crippen molar-refractivity contribution in [2.75, 3.05) is 81.7 Å². The van der Waals surface area contributed by atoms with Crippen LogP contribution in [-0.4, -0.2) is 132 Å². The van der Waals surface area contributed by atoms with Crippen molar-refractivity contribution in [3.8, 4) is 45.6 Å². The van der Waals surface area contributed by atoms with Crippen molar-refractivity contribution in [2.45, 2.75) is 72.7 Å². The van der Waals surface area contributed by atoms with E-state index in [9.17, 15) is 78.7 Å². The fraction of sp³-hybridized carbons (Fsp3) is 0.244. The first-order valence-corrected chi connectivity index (χ1v) is 34.2. The fourth-order valence-corrected chi connectivity index (χ4v) is 9.69. The van der Waals surface area contributed by atoms with Crippen LogP contribution in [0.5, 0.6) is 34.5 Å². The Balaban J connectivity index is 0.000000330. The Labute approximate surface area is 639 Å². The van der Waals surface area contributed by atoms with Crippen molar-refractivity contribution < 1.29 is 121 Å². The van der Waals surface area contributed by atoms with Crippen molar-refractivity contribution in [3.63, 3.8) is 0 Å². The average Bonchev–Trinajstić information content (AvgIpc) is 0.830. The van der Waals surface area contributed by atoms with Crippen LogP contribution in [0.2, 0.25) is 0 Å². The molecule has 112 heavy (non-hydrogen) atoms. The van der Waals surface area contributed by atoms with E-state index in [4.69, 9.17) is 42.6 Å². The van der Waals surface area contributed by atoms with Crippen LogP contribution in [0.1, 0.15) is 143 Å². The van der Waals surface area contributed by atoms with Gasteiger partial charge in [0.05, 0.1) is 53.3 Å². The molecule has 0 aliphatic heterocycles. The van der Waals surface area contributed by atoms with Gasteiger partial charge in [-0.25, -0.2) is 37.5 Å². The van der Waals surface area contributed by atoms with Crippen LogP contribution in [-0.2, 0) is 38.0 Å². The minimum atomic E-state index is -5.50. The second-order valence-electron chi connectivity index (χ2n) is 24.2. The van der Waals surface area contributed by atoms with E-state index in [1.54, 1.807) is 72.8 Å². The number of ketones is 2. The van der Waals surface area contributed by atoms with Gasteiger partial charge in [-0.2, -0.15) is 0 Å². The van der Waals surface area contributed by atoms with Crippen LogP contribution < -0.4 is 35.5 Å².